The molecule has 0 unspecified atom stereocenters. The Balaban J connectivity index is 1.66. The lowest BCUT2D eigenvalue weighted by Crippen LogP contribution is -2.40. The first-order valence-electron chi connectivity index (χ1n) is 6.95. The number of hydrogen-bond donors (Lipinski definition) is 2. The Hall–Kier alpha value is -1.39. The SMILES string of the molecule is O=C(CN(CCO)C1CC1)NCCc1ccccc1. The van der Waals surface area contributed by atoms with E-state index in [1.165, 1.54) is 5.56 Å². The van der Waals surface area contributed by atoms with Gasteiger partial charge >= 0.3 is 0 Å². The third-order valence-corrected chi connectivity index (χ3v) is 3.38. The largest absolute Gasteiger partial charge is 0.395 e. The lowest BCUT2D eigenvalue weighted by atomic mass is 10.1. The Bertz CT molecular complexity index is 390. The van der Waals surface area contributed by atoms with E-state index in [2.05, 4.69) is 22.3 Å². The second-order valence-corrected chi connectivity index (χ2v) is 5.01. The van der Waals surface area contributed by atoms with Crippen LogP contribution in [-0.2, 0) is 11.2 Å². The minimum atomic E-state index is 0.0521. The maximum Gasteiger partial charge on any atom is 0.234 e. The Kier molecular flexibility index (Phi) is 5.36. The maximum atomic E-state index is 11.8. The maximum absolute atomic E-state index is 11.8. The fourth-order valence-corrected chi connectivity index (χ4v) is 2.19. The van der Waals surface area contributed by atoms with Gasteiger partial charge in [0.05, 0.1) is 13.2 Å². The summed E-state index contributed by atoms with van der Waals surface area (Å²) in [5.74, 6) is 0.0521. The summed E-state index contributed by atoms with van der Waals surface area (Å²) in [6.45, 7) is 1.78. The van der Waals surface area contributed by atoms with Crippen LogP contribution < -0.4 is 5.32 Å². The molecule has 1 amide bonds. The quantitative estimate of drug-likeness (QED) is 0.728. The highest BCUT2D eigenvalue weighted by Crippen LogP contribution is 2.25. The molecule has 2 N–H and O–H groups in total. The molecule has 4 heteroatoms. The lowest BCUT2D eigenvalue weighted by Gasteiger charge is -2.19. The molecule has 1 aliphatic carbocycles. The van der Waals surface area contributed by atoms with Crippen LogP contribution in [0, 0.1) is 0 Å². The molecule has 0 aromatic heterocycles. The zero-order valence-corrected chi connectivity index (χ0v) is 11.2. The van der Waals surface area contributed by atoms with Crippen LogP contribution in [-0.4, -0.2) is 48.2 Å². The predicted octanol–water partition coefficient (Wildman–Crippen LogP) is 0.802. The van der Waals surface area contributed by atoms with E-state index in [9.17, 15) is 4.79 Å². The van der Waals surface area contributed by atoms with Gasteiger partial charge in [-0.25, -0.2) is 0 Å². The summed E-state index contributed by atoms with van der Waals surface area (Å²) >= 11 is 0. The van der Waals surface area contributed by atoms with E-state index in [4.69, 9.17) is 5.11 Å². The highest BCUT2D eigenvalue weighted by Gasteiger charge is 2.29. The first kappa shape index (κ1) is 14.0. The van der Waals surface area contributed by atoms with E-state index in [1.54, 1.807) is 0 Å². The number of carbonyl (C=O) groups excluding carboxylic acids is 1. The number of rotatable bonds is 8. The number of benzene rings is 1. The van der Waals surface area contributed by atoms with Gasteiger partial charge in [0.2, 0.25) is 5.91 Å². The monoisotopic (exact) mass is 262 g/mol. The number of amides is 1. The normalized spacial score (nSPS) is 14.6. The summed E-state index contributed by atoms with van der Waals surface area (Å²) in [7, 11) is 0. The second kappa shape index (κ2) is 7.26. The summed E-state index contributed by atoms with van der Waals surface area (Å²) in [4.78, 5) is 13.9. The van der Waals surface area contributed by atoms with Crippen LogP contribution in [0.1, 0.15) is 18.4 Å². The van der Waals surface area contributed by atoms with Crippen molar-refractivity contribution in [3.05, 3.63) is 35.9 Å². The number of hydrogen-bond acceptors (Lipinski definition) is 3. The standard InChI is InChI=1S/C15H22N2O2/c18-11-10-17(14-6-7-14)12-15(19)16-9-8-13-4-2-1-3-5-13/h1-5,14,18H,6-12H2,(H,16,19). The van der Waals surface area contributed by atoms with Crippen LogP contribution in [0.5, 0.6) is 0 Å². The van der Waals surface area contributed by atoms with Gasteiger partial charge < -0.3 is 10.4 Å². The van der Waals surface area contributed by atoms with Crippen LogP contribution in [0.15, 0.2) is 30.3 Å². The van der Waals surface area contributed by atoms with Crippen molar-refractivity contribution in [1.29, 1.82) is 0 Å². The van der Waals surface area contributed by atoms with Gasteiger partial charge in [-0.15, -0.1) is 0 Å². The second-order valence-electron chi connectivity index (χ2n) is 5.01. The van der Waals surface area contributed by atoms with Crippen molar-refractivity contribution in [3.8, 4) is 0 Å². The van der Waals surface area contributed by atoms with E-state index in [0.717, 1.165) is 19.3 Å². The number of aliphatic hydroxyl groups is 1. The molecule has 2 rings (SSSR count). The summed E-state index contributed by atoms with van der Waals surface area (Å²) in [5, 5.41) is 11.9. The van der Waals surface area contributed by atoms with Gasteiger partial charge in [-0.2, -0.15) is 0 Å². The lowest BCUT2D eigenvalue weighted by molar-refractivity contribution is -0.122. The number of carbonyl (C=O) groups is 1. The minimum Gasteiger partial charge on any atom is -0.395 e. The third kappa shape index (κ3) is 5.01. The Morgan fingerprint density at radius 1 is 1.32 bits per heavy atom. The van der Waals surface area contributed by atoms with Gasteiger partial charge in [0.1, 0.15) is 0 Å². The van der Waals surface area contributed by atoms with E-state index in [1.807, 2.05) is 18.2 Å². The molecule has 1 aromatic carbocycles. The molecule has 0 heterocycles. The van der Waals surface area contributed by atoms with Crippen LogP contribution in [0.4, 0.5) is 0 Å². The molecule has 0 atom stereocenters. The molecule has 19 heavy (non-hydrogen) atoms. The van der Waals surface area contributed by atoms with Crippen LogP contribution in [0.2, 0.25) is 0 Å². The fraction of sp³-hybridized carbons (Fsp3) is 0.533. The smallest absolute Gasteiger partial charge is 0.234 e. The van der Waals surface area contributed by atoms with Crippen LogP contribution >= 0.6 is 0 Å². The van der Waals surface area contributed by atoms with E-state index in [0.29, 0.717) is 25.7 Å². The Morgan fingerprint density at radius 3 is 2.68 bits per heavy atom. The van der Waals surface area contributed by atoms with Crippen molar-refractivity contribution >= 4 is 5.91 Å². The highest BCUT2D eigenvalue weighted by molar-refractivity contribution is 5.78. The van der Waals surface area contributed by atoms with E-state index < -0.39 is 0 Å². The average molecular weight is 262 g/mol. The van der Waals surface area contributed by atoms with Crippen molar-refractivity contribution in [2.24, 2.45) is 0 Å². The van der Waals surface area contributed by atoms with Gasteiger partial charge in [0.15, 0.2) is 0 Å². The van der Waals surface area contributed by atoms with Crippen molar-refractivity contribution in [2.75, 3.05) is 26.2 Å². The van der Waals surface area contributed by atoms with Crippen molar-refractivity contribution in [3.63, 3.8) is 0 Å². The molecule has 0 bridgehead atoms. The van der Waals surface area contributed by atoms with Gasteiger partial charge in [-0.3, -0.25) is 9.69 Å². The molecule has 104 valence electrons. The molecule has 0 radical (unpaired) electrons. The molecule has 0 aliphatic heterocycles. The topological polar surface area (TPSA) is 52.6 Å². The third-order valence-electron chi connectivity index (χ3n) is 3.38. The zero-order valence-electron chi connectivity index (χ0n) is 11.2. The molecular weight excluding hydrogens is 240 g/mol. The summed E-state index contributed by atoms with van der Waals surface area (Å²) < 4.78 is 0. The number of aliphatic hydroxyl groups excluding tert-OH is 1. The highest BCUT2D eigenvalue weighted by atomic mass is 16.3. The Labute approximate surface area is 114 Å². The van der Waals surface area contributed by atoms with E-state index >= 15 is 0 Å². The molecule has 1 saturated carbocycles. The summed E-state index contributed by atoms with van der Waals surface area (Å²) in [6, 6.07) is 10.6. The van der Waals surface area contributed by atoms with Crippen molar-refractivity contribution in [2.45, 2.75) is 25.3 Å². The van der Waals surface area contributed by atoms with Crippen LogP contribution in [0.25, 0.3) is 0 Å². The summed E-state index contributed by atoms with van der Waals surface area (Å²) in [5.41, 5.74) is 1.23. The molecule has 1 aromatic rings. The van der Waals surface area contributed by atoms with Gasteiger partial charge in [-0.1, -0.05) is 30.3 Å². The van der Waals surface area contributed by atoms with Crippen molar-refractivity contribution in [1.82, 2.24) is 10.2 Å². The zero-order chi connectivity index (χ0) is 13.5. The fourth-order valence-electron chi connectivity index (χ4n) is 2.19. The molecule has 1 fully saturated rings. The molecule has 0 saturated heterocycles. The van der Waals surface area contributed by atoms with Gasteiger partial charge in [0.25, 0.3) is 0 Å². The first-order valence-corrected chi connectivity index (χ1v) is 6.95. The minimum absolute atomic E-state index is 0.0521. The molecule has 4 nitrogen and oxygen atoms in total. The average Bonchev–Trinajstić information content (AvgIpc) is 3.24. The number of nitrogens with one attached hydrogen (secondary N) is 1. The molecule has 0 spiro atoms. The molecule has 1 aliphatic rings. The van der Waals surface area contributed by atoms with Gasteiger partial charge in [0, 0.05) is 19.1 Å². The van der Waals surface area contributed by atoms with Crippen LogP contribution in [0.3, 0.4) is 0 Å². The molecular formula is C15H22N2O2. The predicted molar refractivity (Wildman–Crippen MR) is 74.8 cm³/mol. The van der Waals surface area contributed by atoms with Gasteiger partial charge in [-0.05, 0) is 24.8 Å². The Morgan fingerprint density at radius 2 is 2.05 bits per heavy atom. The van der Waals surface area contributed by atoms with Crippen molar-refractivity contribution < 1.29 is 9.90 Å². The first-order chi connectivity index (χ1) is 9.29. The van der Waals surface area contributed by atoms with E-state index in [-0.39, 0.29) is 12.5 Å². The number of nitrogens with zero attached hydrogens (tertiary/aromatic N) is 1. The summed E-state index contributed by atoms with van der Waals surface area (Å²) in [6.07, 6.45) is 3.16.